The number of nitrogens with zero attached hydrogens (tertiary/aromatic N) is 2. The smallest absolute Gasteiger partial charge is 0.252 e. The molecule has 9 aromatic rings. The quantitative estimate of drug-likeness (QED) is 0.154. The van der Waals surface area contributed by atoms with Gasteiger partial charge < -0.3 is 9.80 Å². The van der Waals surface area contributed by atoms with E-state index in [9.17, 15) is 0 Å². The zero-order chi connectivity index (χ0) is 45.3. The van der Waals surface area contributed by atoms with E-state index in [1.807, 2.05) is 0 Å². The Kier molecular flexibility index (Phi) is 10.0. The second kappa shape index (κ2) is 16.0. The molecule has 0 atom stereocenters. The maximum atomic E-state index is 2.63. The van der Waals surface area contributed by atoms with Crippen molar-refractivity contribution < 1.29 is 0 Å². The summed E-state index contributed by atoms with van der Waals surface area (Å²) in [5.41, 5.74) is 24.5. The molecule has 0 bridgehead atoms. The largest absolute Gasteiger partial charge is 0.310 e. The maximum Gasteiger partial charge on any atom is 0.252 e. The van der Waals surface area contributed by atoms with Gasteiger partial charge in [0.05, 0.1) is 11.4 Å². The lowest BCUT2D eigenvalue weighted by Gasteiger charge is -2.46. The lowest BCUT2D eigenvalue weighted by molar-refractivity contribution is 0.590. The van der Waals surface area contributed by atoms with Gasteiger partial charge in [-0.2, -0.15) is 0 Å². The fourth-order valence-electron chi connectivity index (χ4n) is 10.5. The minimum absolute atomic E-state index is 0.0363. The van der Waals surface area contributed by atoms with Gasteiger partial charge >= 0.3 is 0 Å². The Balaban J connectivity index is 1.31. The second-order valence-corrected chi connectivity index (χ2v) is 20.2. The summed E-state index contributed by atoms with van der Waals surface area (Å²) >= 11 is 0. The van der Waals surface area contributed by atoms with Crippen LogP contribution in [0.4, 0.5) is 34.1 Å². The summed E-state index contributed by atoms with van der Waals surface area (Å²) in [4.78, 5) is 5.26. The van der Waals surface area contributed by atoms with Crippen molar-refractivity contribution in [3.63, 3.8) is 0 Å². The zero-order valence-corrected chi connectivity index (χ0v) is 39.1. The fraction of sp³-hybridized carbons (Fsp3) is 0.143. The molecule has 2 heterocycles. The molecule has 0 unspecified atom stereocenters. The van der Waals surface area contributed by atoms with E-state index >= 15 is 0 Å². The van der Waals surface area contributed by atoms with E-state index in [0.717, 1.165) is 0 Å². The number of aryl methyl sites for hydroxylation is 1. The molecular weight excluding hydrogens is 796 g/mol. The minimum Gasteiger partial charge on any atom is -0.310 e. The van der Waals surface area contributed by atoms with E-state index in [2.05, 4.69) is 265 Å². The lowest BCUT2D eigenvalue weighted by atomic mass is 9.33. The van der Waals surface area contributed by atoms with Crippen molar-refractivity contribution in [1.29, 1.82) is 0 Å². The number of anilines is 6. The van der Waals surface area contributed by atoms with E-state index in [1.165, 1.54) is 112 Å². The molecule has 9 aromatic carbocycles. The molecule has 0 spiro atoms. The molecule has 0 fully saturated rings. The Morgan fingerprint density at radius 1 is 0.333 bits per heavy atom. The van der Waals surface area contributed by atoms with Gasteiger partial charge in [-0.15, -0.1) is 0 Å². The van der Waals surface area contributed by atoms with Crippen LogP contribution in [0.5, 0.6) is 0 Å². The fourth-order valence-corrected chi connectivity index (χ4v) is 10.5. The highest BCUT2D eigenvalue weighted by molar-refractivity contribution is 7.00. The van der Waals surface area contributed by atoms with Crippen molar-refractivity contribution in [3.8, 4) is 44.5 Å². The summed E-state index contributed by atoms with van der Waals surface area (Å²) in [7, 11) is 0. The summed E-state index contributed by atoms with van der Waals surface area (Å²) in [5, 5.41) is 0. The molecule has 0 N–H and O–H groups in total. The van der Waals surface area contributed by atoms with Crippen LogP contribution < -0.4 is 26.2 Å². The van der Waals surface area contributed by atoms with Gasteiger partial charge in [-0.25, -0.2) is 0 Å². The van der Waals surface area contributed by atoms with Crippen LogP contribution in [-0.2, 0) is 10.8 Å². The highest BCUT2D eigenvalue weighted by atomic mass is 15.2. The van der Waals surface area contributed by atoms with E-state index in [-0.39, 0.29) is 17.5 Å². The molecule has 0 saturated carbocycles. The molecule has 0 radical (unpaired) electrons. The molecule has 3 heteroatoms. The van der Waals surface area contributed by atoms with Crippen LogP contribution in [0.25, 0.3) is 44.5 Å². The summed E-state index contributed by atoms with van der Waals surface area (Å²) in [6.07, 6.45) is 0. The van der Waals surface area contributed by atoms with Gasteiger partial charge in [-0.3, -0.25) is 0 Å². The minimum atomic E-state index is -0.0661. The van der Waals surface area contributed by atoms with E-state index < -0.39 is 0 Å². The average Bonchev–Trinajstić information content (AvgIpc) is 3.33. The molecule has 0 saturated heterocycles. The third kappa shape index (κ3) is 6.97. The topological polar surface area (TPSA) is 6.48 Å². The van der Waals surface area contributed by atoms with Crippen LogP contribution in [0, 0.1) is 6.92 Å². The normalized spacial score (nSPS) is 13.0. The molecule has 2 nitrogen and oxygen atoms in total. The maximum absolute atomic E-state index is 2.63. The third-order valence-electron chi connectivity index (χ3n) is 13.8. The van der Waals surface area contributed by atoms with E-state index in [1.54, 1.807) is 0 Å². The van der Waals surface area contributed by atoms with Crippen LogP contribution in [0.15, 0.2) is 206 Å². The van der Waals surface area contributed by atoms with Crippen LogP contribution >= 0.6 is 0 Å². The number of para-hydroxylation sites is 2. The van der Waals surface area contributed by atoms with Gasteiger partial charge in [0.25, 0.3) is 6.71 Å². The monoisotopic (exact) mass is 850 g/mol. The Morgan fingerprint density at radius 2 is 0.652 bits per heavy atom. The number of rotatable bonds is 6. The number of hydrogen-bond donors (Lipinski definition) is 0. The molecule has 11 rings (SSSR count). The van der Waals surface area contributed by atoms with Crippen LogP contribution in [0.2, 0.25) is 0 Å². The number of hydrogen-bond acceptors (Lipinski definition) is 2. The molecule has 320 valence electrons. The Morgan fingerprint density at radius 3 is 0.955 bits per heavy atom. The molecular formula is C63H55BN2. The molecule has 0 aliphatic carbocycles. The highest BCUT2D eigenvalue weighted by Crippen LogP contribution is 2.53. The first-order valence-corrected chi connectivity index (χ1v) is 23.5. The summed E-state index contributed by atoms with van der Waals surface area (Å²) in [5.74, 6) is 0. The molecule has 2 aliphatic rings. The zero-order valence-electron chi connectivity index (χ0n) is 39.1. The Hall–Kier alpha value is -7.36. The van der Waals surface area contributed by atoms with Gasteiger partial charge in [0.1, 0.15) is 0 Å². The average molecular weight is 851 g/mol. The van der Waals surface area contributed by atoms with Crippen molar-refractivity contribution in [2.45, 2.75) is 59.3 Å². The van der Waals surface area contributed by atoms with Crippen molar-refractivity contribution in [3.05, 3.63) is 223 Å². The number of benzene rings is 9. The van der Waals surface area contributed by atoms with Crippen molar-refractivity contribution in [2.75, 3.05) is 9.80 Å². The first kappa shape index (κ1) is 41.4. The summed E-state index contributed by atoms with van der Waals surface area (Å²) in [6, 6.07) is 77.1. The van der Waals surface area contributed by atoms with Crippen molar-refractivity contribution in [2.24, 2.45) is 0 Å². The summed E-state index contributed by atoms with van der Waals surface area (Å²) in [6.45, 7) is 16.3. The first-order valence-electron chi connectivity index (χ1n) is 23.5. The Bertz CT molecular complexity index is 2940. The van der Waals surface area contributed by atoms with Crippen LogP contribution in [0.1, 0.15) is 58.2 Å². The summed E-state index contributed by atoms with van der Waals surface area (Å²) < 4.78 is 0. The SMILES string of the molecule is Cc1cc2c3c(c1)N(c1c(-c4ccccc4)cccc1-c1ccccc1)c1ccc(C(C)(C)C)cc1B3c1cc(C(C)(C)C)ccc1N2c1c(-c2ccccc2)cccc1-c1ccccc1. The van der Waals surface area contributed by atoms with Gasteiger partial charge in [-0.1, -0.05) is 224 Å². The molecule has 66 heavy (non-hydrogen) atoms. The van der Waals surface area contributed by atoms with Crippen LogP contribution in [-0.4, -0.2) is 6.71 Å². The lowest BCUT2D eigenvalue weighted by Crippen LogP contribution is -2.61. The van der Waals surface area contributed by atoms with Crippen molar-refractivity contribution in [1.82, 2.24) is 0 Å². The van der Waals surface area contributed by atoms with Gasteiger partial charge in [0.15, 0.2) is 0 Å². The predicted octanol–water partition coefficient (Wildman–Crippen LogP) is 15.3. The van der Waals surface area contributed by atoms with Gasteiger partial charge in [0.2, 0.25) is 0 Å². The molecule has 0 aromatic heterocycles. The molecule has 2 aliphatic heterocycles. The van der Waals surface area contributed by atoms with E-state index in [0.29, 0.717) is 0 Å². The second-order valence-electron chi connectivity index (χ2n) is 20.2. The number of fused-ring (bicyclic) bond motifs is 4. The van der Waals surface area contributed by atoms with E-state index in [4.69, 9.17) is 0 Å². The molecule has 0 amide bonds. The Labute approximate surface area is 392 Å². The first-order chi connectivity index (χ1) is 32.0. The third-order valence-corrected chi connectivity index (χ3v) is 13.8. The predicted molar refractivity (Wildman–Crippen MR) is 284 cm³/mol. The van der Waals surface area contributed by atoms with Gasteiger partial charge in [0, 0.05) is 45.0 Å². The standard InChI is InChI=1S/C63H55BN2/c1-42-38-57-59-58(39-42)66(61-51(45-26-16-10-17-27-45)32-21-33-52(61)46-28-18-11-19-29-46)56-37-35-48(63(5,6)7)41-54(56)64(59)53-40-47(62(2,3)4)34-36-55(53)65(57)60-49(43-22-12-8-13-23-43)30-20-31-50(60)44-24-14-9-15-25-44/h8-41H,1-7H3. The van der Waals surface area contributed by atoms with Crippen LogP contribution in [0.3, 0.4) is 0 Å². The highest BCUT2D eigenvalue weighted by Gasteiger charge is 2.45. The van der Waals surface area contributed by atoms with Gasteiger partial charge in [-0.05, 0) is 97.4 Å². The van der Waals surface area contributed by atoms with Crippen molar-refractivity contribution >= 4 is 57.2 Å².